The fourth-order valence-electron chi connectivity index (χ4n) is 3.13. The fraction of sp³-hybridized carbons (Fsp3) is 0.211. The number of halogens is 1. The number of nitrogens with zero attached hydrogens (tertiary/aromatic N) is 3. The van der Waals surface area contributed by atoms with Gasteiger partial charge in [0.05, 0.1) is 9.21 Å². The minimum atomic E-state index is -0.473. The number of hydrogen-bond acceptors (Lipinski definition) is 5. The summed E-state index contributed by atoms with van der Waals surface area (Å²) in [5.74, 6) is -0.300. The smallest absolute Gasteiger partial charge is 0.273 e. The van der Waals surface area contributed by atoms with Crippen LogP contribution in [-0.4, -0.2) is 41.3 Å². The Hall–Kier alpha value is -2.22. The Bertz CT molecular complexity index is 986. The molecule has 0 radical (unpaired) electrons. The molecule has 1 aromatic carbocycles. The lowest BCUT2D eigenvalue weighted by atomic mass is 10.2. The van der Waals surface area contributed by atoms with E-state index in [9.17, 15) is 9.59 Å². The predicted molar refractivity (Wildman–Crippen MR) is 110 cm³/mol. The number of thiazole rings is 1. The highest BCUT2D eigenvalue weighted by atomic mass is 35.5. The van der Waals surface area contributed by atoms with Gasteiger partial charge in [0.25, 0.3) is 5.91 Å². The Morgan fingerprint density at radius 3 is 2.74 bits per heavy atom. The number of likely N-dealkylation sites (N-methyl/N-ethyl adjacent to an activating group) is 1. The van der Waals surface area contributed by atoms with Crippen molar-refractivity contribution in [3.8, 4) is 9.88 Å². The van der Waals surface area contributed by atoms with E-state index in [1.165, 1.54) is 27.6 Å². The van der Waals surface area contributed by atoms with Crippen molar-refractivity contribution in [1.82, 2.24) is 9.88 Å². The Kier molecular flexibility index (Phi) is 4.99. The molecule has 138 valence electrons. The summed E-state index contributed by atoms with van der Waals surface area (Å²) in [4.78, 5) is 34.3. The number of aromatic nitrogens is 1. The van der Waals surface area contributed by atoms with Crippen molar-refractivity contribution >= 4 is 51.8 Å². The van der Waals surface area contributed by atoms with E-state index in [1.807, 2.05) is 42.5 Å². The molecule has 1 fully saturated rings. The summed E-state index contributed by atoms with van der Waals surface area (Å²) in [5, 5.41) is 2.49. The molecule has 1 unspecified atom stereocenters. The van der Waals surface area contributed by atoms with Crippen LogP contribution in [0.2, 0.25) is 4.34 Å². The molecule has 0 spiro atoms. The van der Waals surface area contributed by atoms with Gasteiger partial charge in [0.15, 0.2) is 0 Å². The minimum Gasteiger partial charge on any atom is -0.328 e. The molecular weight excluding hydrogens is 402 g/mol. The number of rotatable bonds is 4. The highest BCUT2D eigenvalue weighted by molar-refractivity contribution is 7.23. The number of carbonyl (C=O) groups excluding carboxylic acids is 2. The second kappa shape index (κ2) is 7.42. The van der Waals surface area contributed by atoms with Crippen LogP contribution in [0.3, 0.4) is 0 Å². The molecule has 3 heterocycles. The summed E-state index contributed by atoms with van der Waals surface area (Å²) in [5.41, 5.74) is 1.21. The second-order valence-electron chi connectivity index (χ2n) is 6.19. The lowest BCUT2D eigenvalue weighted by Gasteiger charge is -2.23. The Balaban J connectivity index is 1.50. The highest BCUT2D eigenvalue weighted by Crippen LogP contribution is 2.33. The summed E-state index contributed by atoms with van der Waals surface area (Å²) < 4.78 is 0.683. The first-order chi connectivity index (χ1) is 13.0. The van der Waals surface area contributed by atoms with E-state index in [1.54, 1.807) is 17.3 Å². The Morgan fingerprint density at radius 2 is 2.04 bits per heavy atom. The van der Waals surface area contributed by atoms with Gasteiger partial charge in [-0.3, -0.25) is 9.59 Å². The zero-order valence-electron chi connectivity index (χ0n) is 14.5. The number of hydrogen-bond donors (Lipinski definition) is 0. The maximum atomic E-state index is 12.8. The molecule has 0 N–H and O–H groups in total. The molecular formula is C19H16ClN3O2S2. The van der Waals surface area contributed by atoms with Crippen molar-refractivity contribution in [2.24, 2.45) is 0 Å². The summed E-state index contributed by atoms with van der Waals surface area (Å²) in [6.07, 6.45) is 0.605. The maximum Gasteiger partial charge on any atom is 0.273 e. The van der Waals surface area contributed by atoms with Crippen LogP contribution >= 0.6 is 34.3 Å². The molecule has 1 aliphatic heterocycles. The van der Waals surface area contributed by atoms with Crippen LogP contribution in [0.4, 0.5) is 5.69 Å². The van der Waals surface area contributed by atoms with Crippen molar-refractivity contribution in [3.05, 3.63) is 57.9 Å². The largest absolute Gasteiger partial charge is 0.328 e. The zero-order chi connectivity index (χ0) is 19.0. The third-order valence-electron chi connectivity index (χ3n) is 4.54. The van der Waals surface area contributed by atoms with E-state index in [-0.39, 0.29) is 11.8 Å². The average Bonchev–Trinajstić information content (AvgIpc) is 3.41. The zero-order valence-corrected chi connectivity index (χ0v) is 16.9. The molecule has 5 nitrogen and oxygen atoms in total. The number of carbonyl (C=O) groups is 2. The van der Waals surface area contributed by atoms with E-state index >= 15 is 0 Å². The predicted octanol–water partition coefficient (Wildman–Crippen LogP) is 4.40. The van der Waals surface area contributed by atoms with Crippen LogP contribution in [0.25, 0.3) is 9.88 Å². The molecule has 1 atom stereocenters. The van der Waals surface area contributed by atoms with Gasteiger partial charge in [-0.1, -0.05) is 29.8 Å². The standard InChI is InChI=1S/C19H16ClN3O2S2/c1-22(14-9-10-23(19(14)25)12-5-3-2-4-6-12)18(24)13-11-26-17(21-13)15-7-8-16(20)27-15/h2-8,11,14H,9-10H2,1H3. The minimum absolute atomic E-state index is 0.0578. The van der Waals surface area contributed by atoms with E-state index < -0.39 is 6.04 Å². The van der Waals surface area contributed by atoms with Crippen LogP contribution < -0.4 is 4.90 Å². The van der Waals surface area contributed by atoms with Gasteiger partial charge in [0.1, 0.15) is 16.7 Å². The quantitative estimate of drug-likeness (QED) is 0.632. The van der Waals surface area contributed by atoms with Crippen LogP contribution in [0.1, 0.15) is 16.9 Å². The third kappa shape index (κ3) is 3.50. The molecule has 0 saturated carbocycles. The van der Waals surface area contributed by atoms with Gasteiger partial charge in [0, 0.05) is 24.7 Å². The first-order valence-electron chi connectivity index (χ1n) is 8.39. The number of benzene rings is 1. The number of amides is 2. The van der Waals surface area contributed by atoms with Crippen LogP contribution in [0.15, 0.2) is 47.8 Å². The van der Waals surface area contributed by atoms with Gasteiger partial charge in [-0.25, -0.2) is 4.98 Å². The first-order valence-corrected chi connectivity index (χ1v) is 10.5. The SMILES string of the molecule is CN(C(=O)c1csc(-c2ccc(Cl)s2)n1)C1CCN(c2ccccc2)C1=O. The van der Waals surface area contributed by atoms with Crippen LogP contribution in [0, 0.1) is 0 Å². The summed E-state index contributed by atoms with van der Waals surface area (Å²) in [6.45, 7) is 0.598. The monoisotopic (exact) mass is 417 g/mol. The molecule has 3 aromatic rings. The second-order valence-corrected chi connectivity index (χ2v) is 8.76. The van der Waals surface area contributed by atoms with Crippen molar-refractivity contribution < 1.29 is 9.59 Å². The molecule has 27 heavy (non-hydrogen) atoms. The highest BCUT2D eigenvalue weighted by Gasteiger charge is 2.37. The van der Waals surface area contributed by atoms with Crippen molar-refractivity contribution in [3.63, 3.8) is 0 Å². The molecule has 4 rings (SSSR count). The third-order valence-corrected chi connectivity index (χ3v) is 6.78. The molecule has 1 saturated heterocycles. The molecule has 0 aliphatic carbocycles. The molecule has 0 bridgehead atoms. The van der Waals surface area contributed by atoms with Gasteiger partial charge in [-0.05, 0) is 30.7 Å². The normalized spacial score (nSPS) is 16.7. The van der Waals surface area contributed by atoms with E-state index in [2.05, 4.69) is 4.98 Å². The van der Waals surface area contributed by atoms with Crippen molar-refractivity contribution in [1.29, 1.82) is 0 Å². The topological polar surface area (TPSA) is 53.5 Å². The summed E-state index contributed by atoms with van der Waals surface area (Å²) in [7, 11) is 1.67. The van der Waals surface area contributed by atoms with E-state index in [0.29, 0.717) is 23.0 Å². The first kappa shape index (κ1) is 18.2. The van der Waals surface area contributed by atoms with Crippen molar-refractivity contribution in [2.75, 3.05) is 18.5 Å². The molecule has 1 aliphatic rings. The Labute approximate surface area is 169 Å². The lowest BCUT2D eigenvalue weighted by molar-refractivity contribution is -0.120. The molecule has 8 heteroatoms. The van der Waals surface area contributed by atoms with Gasteiger partial charge in [-0.15, -0.1) is 22.7 Å². The number of thiophene rings is 1. The molecule has 2 amide bonds. The van der Waals surface area contributed by atoms with E-state index in [4.69, 9.17) is 11.6 Å². The van der Waals surface area contributed by atoms with Crippen molar-refractivity contribution in [2.45, 2.75) is 12.5 Å². The fourth-order valence-corrected chi connectivity index (χ4v) is 5.03. The lowest BCUT2D eigenvalue weighted by Crippen LogP contribution is -2.43. The number of para-hydroxylation sites is 1. The number of anilines is 1. The van der Waals surface area contributed by atoms with Crippen LogP contribution in [0.5, 0.6) is 0 Å². The van der Waals surface area contributed by atoms with Gasteiger partial charge < -0.3 is 9.80 Å². The molecule has 2 aromatic heterocycles. The van der Waals surface area contributed by atoms with Gasteiger partial charge in [0.2, 0.25) is 5.91 Å². The van der Waals surface area contributed by atoms with Gasteiger partial charge in [-0.2, -0.15) is 0 Å². The maximum absolute atomic E-state index is 12.8. The summed E-state index contributed by atoms with van der Waals surface area (Å²) in [6, 6.07) is 12.8. The Morgan fingerprint density at radius 1 is 1.26 bits per heavy atom. The van der Waals surface area contributed by atoms with Crippen LogP contribution in [-0.2, 0) is 4.79 Å². The van der Waals surface area contributed by atoms with E-state index in [0.717, 1.165) is 15.6 Å². The van der Waals surface area contributed by atoms with Gasteiger partial charge >= 0.3 is 0 Å². The average molecular weight is 418 g/mol. The summed E-state index contributed by atoms with van der Waals surface area (Å²) >= 11 is 8.80.